The number of nitrogens with zero attached hydrogens (tertiary/aromatic N) is 2. The maximum atomic E-state index is 12.4. The van der Waals surface area contributed by atoms with Crippen molar-refractivity contribution >= 4 is 16.9 Å². The molecular weight excluding hydrogens is 286 g/mol. The zero-order valence-electron chi connectivity index (χ0n) is 13.7. The summed E-state index contributed by atoms with van der Waals surface area (Å²) < 4.78 is 0. The molecule has 120 valence electrons. The van der Waals surface area contributed by atoms with Crippen LogP contribution in [-0.4, -0.2) is 22.4 Å². The number of amides is 1. The van der Waals surface area contributed by atoms with Crippen LogP contribution in [0.15, 0.2) is 30.5 Å². The molecule has 4 nitrogen and oxygen atoms in total. The molecule has 3 fully saturated rings. The van der Waals surface area contributed by atoms with E-state index in [0.717, 1.165) is 29.4 Å². The summed E-state index contributed by atoms with van der Waals surface area (Å²) in [5.74, 6) is 2.14. The Balaban J connectivity index is 1.43. The van der Waals surface area contributed by atoms with Crippen LogP contribution in [0.2, 0.25) is 0 Å². The van der Waals surface area contributed by atoms with Gasteiger partial charge in [-0.15, -0.1) is 0 Å². The summed E-state index contributed by atoms with van der Waals surface area (Å²) in [5, 5.41) is 3.08. The summed E-state index contributed by atoms with van der Waals surface area (Å²) in [6, 6.07) is 7.63. The highest BCUT2D eigenvalue weighted by atomic mass is 16.1. The van der Waals surface area contributed by atoms with Crippen molar-refractivity contribution in [3.05, 3.63) is 36.2 Å². The Morgan fingerprint density at radius 1 is 1.26 bits per heavy atom. The Bertz CT molecular complexity index is 753. The summed E-state index contributed by atoms with van der Waals surface area (Å²) >= 11 is 0. The summed E-state index contributed by atoms with van der Waals surface area (Å²) in [7, 11) is 0. The van der Waals surface area contributed by atoms with Gasteiger partial charge in [0, 0.05) is 6.54 Å². The summed E-state index contributed by atoms with van der Waals surface area (Å²) in [6.45, 7) is 5.53. The first-order chi connectivity index (χ1) is 11.1. The van der Waals surface area contributed by atoms with Crippen molar-refractivity contribution in [1.82, 2.24) is 15.3 Å². The van der Waals surface area contributed by atoms with E-state index in [9.17, 15) is 4.79 Å². The van der Waals surface area contributed by atoms with E-state index in [1.54, 1.807) is 6.20 Å². The van der Waals surface area contributed by atoms with Gasteiger partial charge in [0.15, 0.2) is 0 Å². The molecule has 1 N–H and O–H groups in total. The maximum Gasteiger partial charge on any atom is 0.271 e. The molecule has 1 amide bonds. The van der Waals surface area contributed by atoms with E-state index in [-0.39, 0.29) is 5.91 Å². The molecule has 5 rings (SSSR count). The van der Waals surface area contributed by atoms with Crippen LogP contribution in [-0.2, 0) is 0 Å². The highest BCUT2D eigenvalue weighted by Gasteiger charge is 2.53. The topological polar surface area (TPSA) is 54.9 Å². The molecule has 3 saturated carbocycles. The van der Waals surface area contributed by atoms with Crippen molar-refractivity contribution in [3.8, 4) is 0 Å². The number of nitrogens with one attached hydrogen (secondary N) is 1. The lowest BCUT2D eigenvalue weighted by Crippen LogP contribution is -2.54. The molecule has 4 heteroatoms. The molecule has 3 atom stereocenters. The van der Waals surface area contributed by atoms with Crippen molar-refractivity contribution in [2.24, 2.45) is 23.2 Å². The number of carbonyl (C=O) groups is 1. The number of carbonyl (C=O) groups excluding carboxylic acids is 1. The molecule has 23 heavy (non-hydrogen) atoms. The third-order valence-corrected chi connectivity index (χ3v) is 6.21. The first kappa shape index (κ1) is 14.6. The van der Waals surface area contributed by atoms with Gasteiger partial charge in [0.25, 0.3) is 5.91 Å². The second-order valence-electron chi connectivity index (χ2n) is 7.65. The van der Waals surface area contributed by atoms with Gasteiger partial charge in [-0.25, -0.2) is 4.98 Å². The molecule has 1 unspecified atom stereocenters. The van der Waals surface area contributed by atoms with Crippen molar-refractivity contribution in [1.29, 1.82) is 0 Å². The summed E-state index contributed by atoms with van der Waals surface area (Å²) in [4.78, 5) is 21.1. The predicted molar refractivity (Wildman–Crippen MR) is 90.0 cm³/mol. The lowest BCUT2D eigenvalue weighted by Gasteiger charge is -2.60. The molecule has 2 bridgehead atoms. The van der Waals surface area contributed by atoms with Gasteiger partial charge in [-0.2, -0.15) is 0 Å². The molecule has 3 aliphatic carbocycles. The Kier molecular flexibility index (Phi) is 3.36. The zero-order chi connectivity index (χ0) is 16.0. The highest BCUT2D eigenvalue weighted by molar-refractivity contribution is 5.93. The minimum absolute atomic E-state index is 0.109. The average Bonchev–Trinajstić information content (AvgIpc) is 2.59. The number of aromatic nitrogens is 2. The fraction of sp³-hybridized carbons (Fsp3) is 0.526. The largest absolute Gasteiger partial charge is 0.350 e. The second kappa shape index (κ2) is 5.29. The average molecular weight is 309 g/mol. The van der Waals surface area contributed by atoms with Gasteiger partial charge in [0.1, 0.15) is 5.69 Å². The van der Waals surface area contributed by atoms with E-state index in [2.05, 4.69) is 29.1 Å². The fourth-order valence-electron chi connectivity index (χ4n) is 4.59. The molecule has 3 aliphatic rings. The smallest absolute Gasteiger partial charge is 0.271 e. The van der Waals surface area contributed by atoms with Gasteiger partial charge < -0.3 is 5.32 Å². The van der Waals surface area contributed by atoms with Crippen LogP contribution < -0.4 is 5.32 Å². The van der Waals surface area contributed by atoms with Crippen LogP contribution in [0.4, 0.5) is 0 Å². The number of hydrogen-bond donors (Lipinski definition) is 1. The van der Waals surface area contributed by atoms with Gasteiger partial charge in [-0.3, -0.25) is 9.78 Å². The van der Waals surface area contributed by atoms with Crippen LogP contribution in [0.5, 0.6) is 0 Å². The lowest BCUT2D eigenvalue weighted by molar-refractivity contribution is -0.103. The number of rotatable bonds is 3. The second-order valence-corrected chi connectivity index (χ2v) is 7.65. The van der Waals surface area contributed by atoms with Gasteiger partial charge in [0.2, 0.25) is 0 Å². The zero-order valence-corrected chi connectivity index (χ0v) is 13.7. The predicted octanol–water partition coefficient (Wildman–Crippen LogP) is 3.43. The molecule has 0 saturated heterocycles. The van der Waals surface area contributed by atoms with Crippen molar-refractivity contribution in [2.45, 2.75) is 33.1 Å². The number of fused-ring (bicyclic) bond motifs is 3. The fourth-order valence-corrected chi connectivity index (χ4v) is 4.59. The minimum Gasteiger partial charge on any atom is -0.350 e. The molecular formula is C19H23N3O. The SMILES string of the molecule is CC1(C)[C@H]2CCC(CNC(=O)c3cnc4ccccc4n3)[C@H]1C2. The van der Waals surface area contributed by atoms with Gasteiger partial charge in [-0.05, 0) is 54.6 Å². The highest BCUT2D eigenvalue weighted by Crippen LogP contribution is 2.61. The molecule has 1 aromatic heterocycles. The van der Waals surface area contributed by atoms with Crippen molar-refractivity contribution in [2.75, 3.05) is 6.54 Å². The summed E-state index contributed by atoms with van der Waals surface area (Å²) in [6.07, 6.45) is 5.45. The minimum atomic E-state index is -0.109. The Labute approximate surface area is 136 Å². The Hall–Kier alpha value is -1.97. The van der Waals surface area contributed by atoms with Crippen LogP contribution in [0.1, 0.15) is 43.6 Å². The summed E-state index contributed by atoms with van der Waals surface area (Å²) in [5.41, 5.74) is 2.45. The Morgan fingerprint density at radius 2 is 2.04 bits per heavy atom. The third-order valence-electron chi connectivity index (χ3n) is 6.21. The molecule has 0 spiro atoms. The molecule has 2 aromatic rings. The standard InChI is InChI=1S/C19H23N3O/c1-19(2)13-8-7-12(14(19)9-13)10-21-18(23)17-11-20-15-5-3-4-6-16(15)22-17/h3-6,11-14H,7-10H2,1-2H3,(H,21,23)/t12?,13-,14+/m0/s1. The number of para-hydroxylation sites is 2. The first-order valence-corrected chi connectivity index (χ1v) is 8.55. The Morgan fingerprint density at radius 3 is 2.78 bits per heavy atom. The van der Waals surface area contributed by atoms with Crippen LogP contribution >= 0.6 is 0 Å². The third kappa shape index (κ3) is 2.41. The number of hydrogen-bond acceptors (Lipinski definition) is 3. The molecule has 0 radical (unpaired) electrons. The van der Waals surface area contributed by atoms with E-state index < -0.39 is 0 Å². The number of benzene rings is 1. The van der Waals surface area contributed by atoms with E-state index in [1.807, 2.05) is 24.3 Å². The molecule has 1 heterocycles. The van der Waals surface area contributed by atoms with Gasteiger partial charge in [-0.1, -0.05) is 26.0 Å². The van der Waals surface area contributed by atoms with E-state index in [4.69, 9.17) is 0 Å². The van der Waals surface area contributed by atoms with Crippen molar-refractivity contribution in [3.63, 3.8) is 0 Å². The lowest BCUT2D eigenvalue weighted by atomic mass is 9.45. The van der Waals surface area contributed by atoms with Gasteiger partial charge >= 0.3 is 0 Å². The van der Waals surface area contributed by atoms with E-state index in [1.165, 1.54) is 19.3 Å². The van der Waals surface area contributed by atoms with Gasteiger partial charge in [0.05, 0.1) is 17.2 Å². The normalized spacial score (nSPS) is 28.2. The van der Waals surface area contributed by atoms with E-state index in [0.29, 0.717) is 17.0 Å². The monoisotopic (exact) mass is 309 g/mol. The molecule has 0 aliphatic heterocycles. The molecule has 1 aromatic carbocycles. The van der Waals surface area contributed by atoms with Crippen LogP contribution in [0.25, 0.3) is 11.0 Å². The quantitative estimate of drug-likeness (QED) is 0.945. The van der Waals surface area contributed by atoms with E-state index >= 15 is 0 Å². The first-order valence-electron chi connectivity index (χ1n) is 8.55. The van der Waals surface area contributed by atoms with Crippen LogP contribution in [0.3, 0.4) is 0 Å². The maximum absolute atomic E-state index is 12.4. The van der Waals surface area contributed by atoms with Crippen LogP contribution in [0, 0.1) is 23.2 Å². The van der Waals surface area contributed by atoms with Crippen molar-refractivity contribution < 1.29 is 4.79 Å².